The van der Waals surface area contributed by atoms with Crippen LogP contribution in [0.25, 0.3) is 0 Å². The Balaban J connectivity index is 5.82. The molecule has 8 nitrogen and oxygen atoms in total. The first-order valence-corrected chi connectivity index (χ1v) is 24.8. The van der Waals surface area contributed by atoms with Crippen LogP contribution in [-0.2, 0) is 38.1 Å². The van der Waals surface area contributed by atoms with Crippen LogP contribution in [0.2, 0.25) is 7.87 Å². The molecule has 0 aromatic rings. The molecule has 0 saturated carbocycles. The number of rotatable bonds is 12. The van der Waals surface area contributed by atoms with Crippen LogP contribution < -0.4 is 0 Å². The van der Waals surface area contributed by atoms with Crippen LogP contribution in [-0.4, -0.2) is 64.2 Å². The van der Waals surface area contributed by atoms with Crippen LogP contribution >= 0.6 is 25.4 Å². The molecule has 0 amide bonds. The molecule has 2 atom stereocenters. The van der Waals surface area contributed by atoms with Gasteiger partial charge in [-0.1, -0.05) is 0 Å². The van der Waals surface area contributed by atoms with E-state index >= 15 is 0 Å². The van der Waals surface area contributed by atoms with Crippen molar-refractivity contribution in [3.63, 3.8) is 0 Å². The van der Waals surface area contributed by atoms with Crippen molar-refractivity contribution >= 4 is 63.2 Å². The zero-order chi connectivity index (χ0) is 21.0. The Hall–Kier alpha value is -0.361. The molecule has 0 radical (unpaired) electrons. The van der Waals surface area contributed by atoms with E-state index in [2.05, 4.69) is 25.4 Å². The van der Waals surface area contributed by atoms with Gasteiger partial charge in [-0.15, -0.1) is 0 Å². The Bertz CT molecular complexity index is 483. The molecule has 0 bridgehead atoms. The van der Waals surface area contributed by atoms with E-state index in [0.717, 1.165) is 0 Å². The predicted octanol–water partition coefficient (Wildman–Crippen LogP) is 2.99. The standard InChI is InChI=1S/2C8H13O4.2BrH.Sn/c2*1-3-11-7(9)5-6-8(10)12-4-2;;;/h2*5H,3-4,6H2,1-2H3;2*1H;/q;;;;+2/p-2. The molecule has 0 aliphatic heterocycles. The first-order chi connectivity index (χ1) is 12.6. The molecule has 0 aliphatic carbocycles. The summed E-state index contributed by atoms with van der Waals surface area (Å²) in [6.45, 7) is 7.12. The Morgan fingerprint density at radius 1 is 0.667 bits per heavy atom. The molecule has 27 heavy (non-hydrogen) atoms. The van der Waals surface area contributed by atoms with Crippen molar-refractivity contribution in [3.8, 4) is 0 Å². The van der Waals surface area contributed by atoms with Crippen LogP contribution in [0.1, 0.15) is 40.5 Å². The van der Waals surface area contributed by atoms with Gasteiger partial charge in [0, 0.05) is 0 Å². The van der Waals surface area contributed by atoms with E-state index in [1.165, 1.54) is 0 Å². The third kappa shape index (κ3) is 9.12. The van der Waals surface area contributed by atoms with E-state index in [0.29, 0.717) is 0 Å². The van der Waals surface area contributed by atoms with Gasteiger partial charge in [0.2, 0.25) is 0 Å². The molecule has 0 aromatic heterocycles. The number of ether oxygens (including phenoxy) is 4. The van der Waals surface area contributed by atoms with E-state index in [4.69, 9.17) is 18.9 Å². The van der Waals surface area contributed by atoms with Crippen LogP contribution in [0.15, 0.2) is 0 Å². The number of esters is 4. The Morgan fingerprint density at radius 3 is 1.22 bits per heavy atom. The SMILES string of the molecule is CCOC(=O)C[CH](C(=O)OCC)[Sn]([Br])([Br])[CH](CC(=O)OCC)C(=O)OCC. The Morgan fingerprint density at radius 2 is 0.963 bits per heavy atom. The summed E-state index contributed by atoms with van der Waals surface area (Å²) in [6, 6.07) is 0. The van der Waals surface area contributed by atoms with E-state index in [1.807, 2.05) is 0 Å². The second kappa shape index (κ2) is 13.8. The summed E-state index contributed by atoms with van der Waals surface area (Å²) in [5, 5.41) is 0. The monoisotopic (exact) mass is 624 g/mol. The van der Waals surface area contributed by atoms with Gasteiger partial charge in [-0.3, -0.25) is 0 Å². The van der Waals surface area contributed by atoms with Gasteiger partial charge in [-0.2, -0.15) is 0 Å². The number of hydrogen-bond donors (Lipinski definition) is 0. The summed E-state index contributed by atoms with van der Waals surface area (Å²) in [5.41, 5.74) is 0. The molecule has 0 saturated heterocycles. The molecule has 0 N–H and O–H groups in total. The fourth-order valence-electron chi connectivity index (χ4n) is 2.25. The van der Waals surface area contributed by atoms with Crippen LogP contribution in [0, 0.1) is 0 Å². The average molecular weight is 625 g/mol. The zero-order valence-electron chi connectivity index (χ0n) is 15.9. The first-order valence-electron chi connectivity index (χ1n) is 8.67. The van der Waals surface area contributed by atoms with E-state index in [9.17, 15) is 19.2 Å². The van der Waals surface area contributed by atoms with E-state index < -0.39 is 45.7 Å². The van der Waals surface area contributed by atoms with Gasteiger partial charge < -0.3 is 0 Å². The minimum atomic E-state index is -4.19. The number of carbonyl (C=O) groups is 4. The molecule has 0 aromatic carbocycles. The van der Waals surface area contributed by atoms with Crippen molar-refractivity contribution < 1.29 is 38.1 Å². The summed E-state index contributed by atoms with van der Waals surface area (Å²) in [6.07, 6.45) is -0.532. The van der Waals surface area contributed by atoms with Gasteiger partial charge in [0.05, 0.1) is 0 Å². The molecule has 0 heterocycles. The Labute approximate surface area is 175 Å². The van der Waals surface area contributed by atoms with Gasteiger partial charge >= 0.3 is 176 Å². The summed E-state index contributed by atoms with van der Waals surface area (Å²) < 4.78 is 18.2. The summed E-state index contributed by atoms with van der Waals surface area (Å²) in [4.78, 5) is 49.1. The summed E-state index contributed by atoms with van der Waals surface area (Å²) in [7, 11) is 0. The first kappa shape index (κ1) is 26.6. The fourth-order valence-corrected chi connectivity index (χ4v) is 17.8. The zero-order valence-corrected chi connectivity index (χ0v) is 21.9. The molecule has 0 rings (SSSR count). The summed E-state index contributed by atoms with van der Waals surface area (Å²) in [5.74, 6) is -2.44. The molecule has 11 heteroatoms. The molecule has 2 unspecified atom stereocenters. The maximum absolute atomic E-state index is 12.5. The third-order valence-corrected chi connectivity index (χ3v) is 26.1. The summed E-state index contributed by atoms with van der Waals surface area (Å²) >= 11 is 2.86. The van der Waals surface area contributed by atoms with Gasteiger partial charge in [-0.25, -0.2) is 0 Å². The van der Waals surface area contributed by atoms with Crippen molar-refractivity contribution in [1.82, 2.24) is 0 Å². The Kier molecular flexibility index (Phi) is 13.6. The maximum atomic E-state index is 12.5. The number of hydrogen-bond acceptors (Lipinski definition) is 8. The van der Waals surface area contributed by atoms with Gasteiger partial charge in [0.1, 0.15) is 0 Å². The minimum absolute atomic E-state index is 0.113. The molecule has 0 fully saturated rings. The fraction of sp³-hybridized carbons (Fsp3) is 0.750. The van der Waals surface area contributed by atoms with Gasteiger partial charge in [-0.05, 0) is 0 Å². The van der Waals surface area contributed by atoms with Crippen molar-refractivity contribution in [2.24, 2.45) is 0 Å². The normalized spacial score (nSPS) is 13.3. The van der Waals surface area contributed by atoms with Crippen molar-refractivity contribution in [2.75, 3.05) is 26.4 Å². The quantitative estimate of drug-likeness (QED) is 0.186. The second-order valence-corrected chi connectivity index (χ2v) is 37.9. The van der Waals surface area contributed by atoms with Crippen LogP contribution in [0.4, 0.5) is 0 Å². The topological polar surface area (TPSA) is 105 Å². The van der Waals surface area contributed by atoms with E-state index in [1.54, 1.807) is 27.7 Å². The molecular weight excluding hydrogens is 599 g/mol. The van der Waals surface area contributed by atoms with Gasteiger partial charge in [0.25, 0.3) is 0 Å². The van der Waals surface area contributed by atoms with E-state index in [-0.39, 0.29) is 39.3 Å². The van der Waals surface area contributed by atoms with Gasteiger partial charge in [0.15, 0.2) is 0 Å². The molecule has 156 valence electrons. The number of halogens is 2. The predicted molar refractivity (Wildman–Crippen MR) is 107 cm³/mol. The second-order valence-electron chi connectivity index (χ2n) is 5.30. The number of carbonyl (C=O) groups excluding carboxylic acids is 4. The van der Waals surface area contributed by atoms with Crippen molar-refractivity contribution in [3.05, 3.63) is 0 Å². The van der Waals surface area contributed by atoms with Crippen molar-refractivity contribution in [2.45, 2.75) is 48.4 Å². The molecule has 0 aliphatic rings. The van der Waals surface area contributed by atoms with Crippen LogP contribution in [0.3, 0.4) is 0 Å². The molecule has 0 spiro atoms. The molecular formula is C16H26Br2O8Sn. The average Bonchev–Trinajstić information content (AvgIpc) is 2.58. The van der Waals surface area contributed by atoms with Crippen LogP contribution in [0.5, 0.6) is 0 Å². The third-order valence-electron chi connectivity index (χ3n) is 3.42. The van der Waals surface area contributed by atoms with Crippen molar-refractivity contribution in [1.29, 1.82) is 0 Å².